The van der Waals surface area contributed by atoms with Gasteiger partial charge in [0.2, 0.25) is 0 Å². The van der Waals surface area contributed by atoms with Crippen molar-refractivity contribution in [1.29, 1.82) is 0 Å². The number of hydrogen-bond donors (Lipinski definition) is 0. The fourth-order valence-corrected chi connectivity index (χ4v) is 3.80. The zero-order valence-electron chi connectivity index (χ0n) is 13.2. The van der Waals surface area contributed by atoms with Crippen molar-refractivity contribution in [1.82, 2.24) is 4.90 Å². The SMILES string of the molecule is CC(C)(C)OC(=O)N1CCC(OS(C)(=O)=O)CC12CCC2. The second-order valence-corrected chi connectivity index (χ2v) is 8.73. The molecule has 2 aliphatic rings. The molecule has 1 aliphatic heterocycles. The standard InChI is InChI=1S/C14H25NO5S/c1-13(2,3)19-12(16)15-9-6-11(20-21(4,17)18)10-14(15)7-5-8-14/h11H,5-10H2,1-4H3. The fraction of sp³-hybridized carbons (Fsp3) is 0.929. The summed E-state index contributed by atoms with van der Waals surface area (Å²) in [6.07, 6.45) is 4.34. The van der Waals surface area contributed by atoms with E-state index in [-0.39, 0.29) is 17.7 Å². The molecule has 0 N–H and O–H groups in total. The third kappa shape index (κ3) is 4.10. The molecule has 0 aromatic rings. The first-order valence-corrected chi connectivity index (χ1v) is 9.21. The fourth-order valence-electron chi connectivity index (χ4n) is 3.14. The van der Waals surface area contributed by atoms with Gasteiger partial charge in [-0.1, -0.05) is 0 Å². The van der Waals surface area contributed by atoms with Crippen LogP contribution in [-0.4, -0.2) is 49.5 Å². The Labute approximate surface area is 126 Å². The zero-order chi connectivity index (χ0) is 15.9. The van der Waals surface area contributed by atoms with E-state index in [1.807, 2.05) is 20.8 Å². The molecule has 122 valence electrons. The van der Waals surface area contributed by atoms with Gasteiger partial charge in [-0.3, -0.25) is 4.18 Å². The largest absolute Gasteiger partial charge is 0.444 e. The molecule has 1 atom stereocenters. The van der Waals surface area contributed by atoms with Crippen LogP contribution in [0.3, 0.4) is 0 Å². The van der Waals surface area contributed by atoms with Gasteiger partial charge < -0.3 is 9.64 Å². The molecule has 1 unspecified atom stereocenters. The molecule has 7 heteroatoms. The first-order chi connectivity index (χ1) is 9.51. The molecule has 6 nitrogen and oxygen atoms in total. The lowest BCUT2D eigenvalue weighted by atomic mass is 9.69. The Hall–Kier alpha value is -0.820. The van der Waals surface area contributed by atoms with Crippen molar-refractivity contribution in [3.05, 3.63) is 0 Å². The number of likely N-dealkylation sites (tertiary alicyclic amines) is 1. The Kier molecular flexibility index (Phi) is 4.28. The van der Waals surface area contributed by atoms with Crippen LogP contribution in [0.15, 0.2) is 0 Å². The Morgan fingerprint density at radius 1 is 1.29 bits per heavy atom. The van der Waals surface area contributed by atoms with Crippen molar-refractivity contribution in [3.8, 4) is 0 Å². The summed E-state index contributed by atoms with van der Waals surface area (Å²) >= 11 is 0. The van der Waals surface area contributed by atoms with Crippen molar-refractivity contribution in [2.24, 2.45) is 0 Å². The molecular weight excluding hydrogens is 294 g/mol. The van der Waals surface area contributed by atoms with Gasteiger partial charge in [0, 0.05) is 12.1 Å². The molecule has 0 radical (unpaired) electrons. The molecule has 1 saturated heterocycles. The van der Waals surface area contributed by atoms with E-state index in [1.165, 1.54) is 0 Å². The highest BCUT2D eigenvalue weighted by atomic mass is 32.2. The smallest absolute Gasteiger partial charge is 0.410 e. The number of carbonyl (C=O) groups excluding carboxylic acids is 1. The lowest BCUT2D eigenvalue weighted by Gasteiger charge is -2.54. The quantitative estimate of drug-likeness (QED) is 0.730. The van der Waals surface area contributed by atoms with E-state index in [9.17, 15) is 13.2 Å². The van der Waals surface area contributed by atoms with Crippen LogP contribution in [0.25, 0.3) is 0 Å². The van der Waals surface area contributed by atoms with Crippen LogP contribution >= 0.6 is 0 Å². The van der Waals surface area contributed by atoms with Crippen LogP contribution in [0, 0.1) is 0 Å². The van der Waals surface area contributed by atoms with Gasteiger partial charge in [0.15, 0.2) is 0 Å². The van der Waals surface area contributed by atoms with Crippen LogP contribution in [-0.2, 0) is 19.0 Å². The molecule has 1 saturated carbocycles. The minimum absolute atomic E-state index is 0.282. The van der Waals surface area contributed by atoms with Crippen molar-refractivity contribution in [2.45, 2.75) is 70.1 Å². The summed E-state index contributed by atoms with van der Waals surface area (Å²) in [4.78, 5) is 14.1. The maximum atomic E-state index is 12.4. The van der Waals surface area contributed by atoms with Crippen LogP contribution in [0.4, 0.5) is 4.79 Å². The van der Waals surface area contributed by atoms with E-state index in [2.05, 4.69) is 0 Å². The van der Waals surface area contributed by atoms with Gasteiger partial charge in [0.25, 0.3) is 10.1 Å². The van der Waals surface area contributed by atoms with Crippen LogP contribution in [0.1, 0.15) is 52.9 Å². The zero-order valence-corrected chi connectivity index (χ0v) is 14.0. The monoisotopic (exact) mass is 319 g/mol. The van der Waals surface area contributed by atoms with Crippen molar-refractivity contribution < 1.29 is 22.1 Å². The molecule has 1 heterocycles. The average molecular weight is 319 g/mol. The van der Waals surface area contributed by atoms with Gasteiger partial charge in [-0.15, -0.1) is 0 Å². The van der Waals surface area contributed by atoms with E-state index < -0.39 is 15.7 Å². The minimum atomic E-state index is -3.46. The van der Waals surface area contributed by atoms with Gasteiger partial charge in [-0.2, -0.15) is 8.42 Å². The summed E-state index contributed by atoms with van der Waals surface area (Å²) in [5.74, 6) is 0. The lowest BCUT2D eigenvalue weighted by molar-refractivity contribution is -0.0662. The van der Waals surface area contributed by atoms with Crippen LogP contribution in [0.2, 0.25) is 0 Å². The number of hydrogen-bond acceptors (Lipinski definition) is 5. The molecule has 1 amide bonds. The number of nitrogens with zero attached hydrogens (tertiary/aromatic N) is 1. The average Bonchev–Trinajstić information content (AvgIpc) is 2.21. The van der Waals surface area contributed by atoms with Gasteiger partial charge in [-0.25, -0.2) is 4.79 Å². The van der Waals surface area contributed by atoms with Gasteiger partial charge in [-0.05, 0) is 52.9 Å². The normalized spacial score (nSPS) is 25.5. The lowest BCUT2D eigenvalue weighted by Crippen LogP contribution is -2.62. The summed E-state index contributed by atoms with van der Waals surface area (Å²) in [6, 6.07) is 0. The second kappa shape index (κ2) is 5.43. The Morgan fingerprint density at radius 2 is 1.90 bits per heavy atom. The first-order valence-electron chi connectivity index (χ1n) is 7.40. The third-order valence-corrected chi connectivity index (χ3v) is 4.69. The molecule has 1 spiro atoms. The van der Waals surface area contributed by atoms with Crippen LogP contribution in [0.5, 0.6) is 0 Å². The number of rotatable bonds is 2. The minimum Gasteiger partial charge on any atom is -0.444 e. The molecule has 0 aromatic carbocycles. The number of carbonyl (C=O) groups is 1. The number of ether oxygens (including phenoxy) is 1. The van der Waals surface area contributed by atoms with Gasteiger partial charge in [0.1, 0.15) is 5.60 Å². The maximum absolute atomic E-state index is 12.4. The number of piperidine rings is 1. The molecule has 0 aromatic heterocycles. The topological polar surface area (TPSA) is 72.9 Å². The van der Waals surface area contributed by atoms with E-state index in [0.717, 1.165) is 25.5 Å². The Morgan fingerprint density at radius 3 is 2.33 bits per heavy atom. The Bertz CT molecular complexity index is 504. The highest BCUT2D eigenvalue weighted by Gasteiger charge is 2.50. The molecule has 1 aliphatic carbocycles. The first kappa shape index (κ1) is 16.5. The summed E-state index contributed by atoms with van der Waals surface area (Å²) < 4.78 is 33.2. The van der Waals surface area contributed by atoms with E-state index in [1.54, 1.807) is 4.90 Å². The maximum Gasteiger partial charge on any atom is 0.410 e. The molecule has 21 heavy (non-hydrogen) atoms. The summed E-state index contributed by atoms with van der Waals surface area (Å²) in [6.45, 7) is 6.02. The van der Waals surface area contributed by atoms with E-state index >= 15 is 0 Å². The molecular formula is C14H25NO5S. The van der Waals surface area contributed by atoms with Crippen molar-refractivity contribution >= 4 is 16.2 Å². The summed E-state index contributed by atoms with van der Waals surface area (Å²) in [5.41, 5.74) is -0.807. The predicted molar refractivity (Wildman–Crippen MR) is 78.5 cm³/mol. The summed E-state index contributed by atoms with van der Waals surface area (Å²) in [7, 11) is -3.46. The van der Waals surface area contributed by atoms with E-state index in [4.69, 9.17) is 8.92 Å². The highest BCUT2D eigenvalue weighted by Crippen LogP contribution is 2.45. The Balaban J connectivity index is 2.07. The predicted octanol–water partition coefficient (Wildman–Crippen LogP) is 2.28. The molecule has 2 rings (SSSR count). The molecule has 0 bridgehead atoms. The second-order valence-electron chi connectivity index (χ2n) is 7.13. The van der Waals surface area contributed by atoms with Crippen molar-refractivity contribution in [3.63, 3.8) is 0 Å². The molecule has 2 fully saturated rings. The van der Waals surface area contributed by atoms with Gasteiger partial charge >= 0.3 is 6.09 Å². The highest BCUT2D eigenvalue weighted by molar-refractivity contribution is 7.86. The van der Waals surface area contributed by atoms with Gasteiger partial charge in [0.05, 0.1) is 12.4 Å². The van der Waals surface area contributed by atoms with Crippen molar-refractivity contribution in [2.75, 3.05) is 12.8 Å². The van der Waals surface area contributed by atoms with E-state index in [0.29, 0.717) is 19.4 Å². The van der Waals surface area contributed by atoms with Crippen LogP contribution < -0.4 is 0 Å². The third-order valence-electron chi connectivity index (χ3n) is 4.06. The number of amides is 1. The summed E-state index contributed by atoms with van der Waals surface area (Å²) in [5, 5.41) is 0.